The zero-order chi connectivity index (χ0) is 11.7. The summed E-state index contributed by atoms with van der Waals surface area (Å²) < 4.78 is 6.05. The molecule has 17 heavy (non-hydrogen) atoms. The molecule has 2 aliphatic rings. The Balaban J connectivity index is 1.69. The molecule has 0 radical (unpaired) electrons. The number of rotatable bonds is 4. The average molecular weight is 231 g/mol. The van der Waals surface area contributed by atoms with E-state index in [0.717, 1.165) is 25.4 Å². The third-order valence-corrected chi connectivity index (χ3v) is 4.17. The molecule has 1 N–H and O–H groups in total. The van der Waals surface area contributed by atoms with Crippen LogP contribution < -0.4 is 10.1 Å². The Kier molecular flexibility index (Phi) is 2.83. The standard InChI is InChI=1S/C15H21NO/c1-15(7-8-15)13-4-2-3-5-14(13)17-11-12-6-9-16-10-12/h2-5,12,16H,6-11H2,1H3. The van der Waals surface area contributed by atoms with Crippen LogP contribution in [-0.2, 0) is 5.41 Å². The van der Waals surface area contributed by atoms with Gasteiger partial charge in [-0.3, -0.25) is 0 Å². The molecule has 1 aliphatic heterocycles. The van der Waals surface area contributed by atoms with Gasteiger partial charge in [0.05, 0.1) is 6.61 Å². The second-order valence-electron chi connectivity index (χ2n) is 5.73. The van der Waals surface area contributed by atoms with Crippen molar-refractivity contribution in [1.29, 1.82) is 0 Å². The predicted octanol–water partition coefficient (Wildman–Crippen LogP) is 2.73. The SMILES string of the molecule is CC1(c2ccccc2OCC2CCNC2)CC1. The van der Waals surface area contributed by atoms with Crippen LogP contribution in [0.1, 0.15) is 31.7 Å². The van der Waals surface area contributed by atoms with Crippen LogP contribution >= 0.6 is 0 Å². The van der Waals surface area contributed by atoms with E-state index in [9.17, 15) is 0 Å². The molecule has 1 saturated heterocycles. The van der Waals surface area contributed by atoms with Gasteiger partial charge in [-0.25, -0.2) is 0 Å². The van der Waals surface area contributed by atoms with Crippen molar-refractivity contribution < 1.29 is 4.74 Å². The van der Waals surface area contributed by atoms with E-state index in [1.54, 1.807) is 0 Å². The van der Waals surface area contributed by atoms with Crippen LogP contribution in [-0.4, -0.2) is 19.7 Å². The van der Waals surface area contributed by atoms with E-state index < -0.39 is 0 Å². The monoisotopic (exact) mass is 231 g/mol. The van der Waals surface area contributed by atoms with Crippen molar-refractivity contribution in [3.63, 3.8) is 0 Å². The van der Waals surface area contributed by atoms with Gasteiger partial charge in [-0.2, -0.15) is 0 Å². The topological polar surface area (TPSA) is 21.3 Å². The van der Waals surface area contributed by atoms with Crippen LogP contribution in [0.15, 0.2) is 24.3 Å². The second-order valence-corrected chi connectivity index (χ2v) is 5.73. The molecule has 2 heteroatoms. The van der Waals surface area contributed by atoms with Crippen LogP contribution in [0.2, 0.25) is 0 Å². The van der Waals surface area contributed by atoms with Crippen LogP contribution in [0, 0.1) is 5.92 Å². The fraction of sp³-hybridized carbons (Fsp3) is 0.600. The van der Waals surface area contributed by atoms with Gasteiger partial charge in [-0.1, -0.05) is 25.1 Å². The normalized spacial score (nSPS) is 25.8. The molecule has 2 nitrogen and oxygen atoms in total. The zero-order valence-corrected chi connectivity index (χ0v) is 10.5. The molecule has 0 spiro atoms. The summed E-state index contributed by atoms with van der Waals surface area (Å²) in [7, 11) is 0. The Bertz CT molecular complexity index is 392. The predicted molar refractivity (Wildman–Crippen MR) is 69.5 cm³/mol. The molecule has 0 aromatic heterocycles. The lowest BCUT2D eigenvalue weighted by Crippen LogP contribution is -2.16. The van der Waals surface area contributed by atoms with Crippen LogP contribution in [0.5, 0.6) is 5.75 Å². The van der Waals surface area contributed by atoms with Crippen molar-refractivity contribution in [2.75, 3.05) is 19.7 Å². The molecule has 1 saturated carbocycles. The first kappa shape index (κ1) is 11.1. The van der Waals surface area contributed by atoms with Gasteiger partial charge < -0.3 is 10.1 Å². The summed E-state index contributed by atoms with van der Waals surface area (Å²) in [5, 5.41) is 3.39. The van der Waals surface area contributed by atoms with Crippen molar-refractivity contribution in [1.82, 2.24) is 5.32 Å². The Morgan fingerprint density at radius 3 is 2.88 bits per heavy atom. The molecule has 1 atom stereocenters. The van der Waals surface area contributed by atoms with Gasteiger partial charge in [0.2, 0.25) is 0 Å². The lowest BCUT2D eigenvalue weighted by Gasteiger charge is -2.17. The molecule has 1 unspecified atom stereocenters. The van der Waals surface area contributed by atoms with E-state index in [0.29, 0.717) is 11.3 Å². The van der Waals surface area contributed by atoms with Gasteiger partial charge >= 0.3 is 0 Å². The van der Waals surface area contributed by atoms with E-state index in [4.69, 9.17) is 4.74 Å². The third-order valence-electron chi connectivity index (χ3n) is 4.17. The fourth-order valence-corrected chi connectivity index (χ4v) is 2.61. The summed E-state index contributed by atoms with van der Waals surface area (Å²) in [6, 6.07) is 8.57. The minimum absolute atomic E-state index is 0.393. The van der Waals surface area contributed by atoms with Gasteiger partial charge in [0.25, 0.3) is 0 Å². The lowest BCUT2D eigenvalue weighted by molar-refractivity contribution is 0.256. The smallest absolute Gasteiger partial charge is 0.123 e. The summed E-state index contributed by atoms with van der Waals surface area (Å²) in [4.78, 5) is 0. The Hall–Kier alpha value is -1.02. The maximum absolute atomic E-state index is 6.05. The molecule has 92 valence electrons. The highest BCUT2D eigenvalue weighted by Crippen LogP contribution is 2.50. The van der Waals surface area contributed by atoms with Crippen LogP contribution in [0.25, 0.3) is 0 Å². The largest absolute Gasteiger partial charge is 0.493 e. The molecule has 3 rings (SSSR count). The zero-order valence-electron chi connectivity index (χ0n) is 10.5. The maximum Gasteiger partial charge on any atom is 0.123 e. The van der Waals surface area contributed by atoms with Crippen molar-refractivity contribution in [3.05, 3.63) is 29.8 Å². The number of hydrogen-bond donors (Lipinski definition) is 1. The minimum Gasteiger partial charge on any atom is -0.493 e. The maximum atomic E-state index is 6.05. The number of hydrogen-bond acceptors (Lipinski definition) is 2. The molecular formula is C15H21NO. The van der Waals surface area contributed by atoms with Crippen molar-refractivity contribution in [2.24, 2.45) is 5.92 Å². The Morgan fingerprint density at radius 1 is 1.35 bits per heavy atom. The average Bonchev–Trinajstić information content (AvgIpc) is 2.91. The molecule has 2 fully saturated rings. The van der Waals surface area contributed by atoms with E-state index in [1.807, 2.05) is 0 Å². The number of ether oxygens (including phenoxy) is 1. The first-order valence-electron chi connectivity index (χ1n) is 6.71. The van der Waals surface area contributed by atoms with Crippen LogP contribution in [0.3, 0.4) is 0 Å². The first-order valence-corrected chi connectivity index (χ1v) is 6.71. The van der Waals surface area contributed by atoms with Crippen LogP contribution in [0.4, 0.5) is 0 Å². The van der Waals surface area contributed by atoms with Crippen molar-refractivity contribution in [2.45, 2.75) is 31.6 Å². The van der Waals surface area contributed by atoms with Gasteiger partial charge in [0, 0.05) is 18.0 Å². The number of nitrogens with one attached hydrogen (secondary N) is 1. The number of para-hydroxylation sites is 1. The lowest BCUT2D eigenvalue weighted by atomic mass is 9.97. The van der Waals surface area contributed by atoms with E-state index >= 15 is 0 Å². The van der Waals surface area contributed by atoms with Crippen molar-refractivity contribution in [3.8, 4) is 5.75 Å². The quantitative estimate of drug-likeness (QED) is 0.860. The van der Waals surface area contributed by atoms with E-state index in [-0.39, 0.29) is 0 Å². The van der Waals surface area contributed by atoms with E-state index in [2.05, 4.69) is 36.5 Å². The molecule has 1 aromatic carbocycles. The first-order chi connectivity index (χ1) is 8.28. The molecule has 0 bridgehead atoms. The van der Waals surface area contributed by atoms with Crippen molar-refractivity contribution >= 4 is 0 Å². The van der Waals surface area contributed by atoms with Gasteiger partial charge in [-0.15, -0.1) is 0 Å². The Morgan fingerprint density at radius 2 is 2.18 bits per heavy atom. The highest BCUT2D eigenvalue weighted by molar-refractivity contribution is 5.42. The Labute approximate surface area is 103 Å². The van der Waals surface area contributed by atoms with Gasteiger partial charge in [0.15, 0.2) is 0 Å². The summed E-state index contributed by atoms with van der Waals surface area (Å²) in [6.45, 7) is 5.46. The molecule has 1 aliphatic carbocycles. The molecule has 0 amide bonds. The highest BCUT2D eigenvalue weighted by atomic mass is 16.5. The number of benzene rings is 1. The van der Waals surface area contributed by atoms with Gasteiger partial charge in [-0.05, 0) is 37.3 Å². The van der Waals surface area contributed by atoms with Gasteiger partial charge in [0.1, 0.15) is 5.75 Å². The second kappa shape index (κ2) is 4.34. The fourth-order valence-electron chi connectivity index (χ4n) is 2.61. The molecule has 1 heterocycles. The molecule has 1 aromatic rings. The summed E-state index contributed by atoms with van der Waals surface area (Å²) in [5.74, 6) is 1.80. The third kappa shape index (κ3) is 2.32. The highest BCUT2D eigenvalue weighted by Gasteiger charge is 2.41. The minimum atomic E-state index is 0.393. The summed E-state index contributed by atoms with van der Waals surface area (Å²) >= 11 is 0. The van der Waals surface area contributed by atoms with E-state index in [1.165, 1.54) is 24.8 Å². The summed E-state index contributed by atoms with van der Waals surface area (Å²) in [6.07, 6.45) is 3.86. The molecular weight excluding hydrogens is 210 g/mol. The summed E-state index contributed by atoms with van der Waals surface area (Å²) in [5.41, 5.74) is 1.80.